The molecule has 2 atom stereocenters. The van der Waals surface area contributed by atoms with E-state index in [2.05, 4.69) is 55.6 Å². The first-order chi connectivity index (χ1) is 10.2. The number of hydrogen-bond acceptors (Lipinski definition) is 3. The molecule has 0 aromatic carbocycles. The largest absolute Gasteiger partial charge is 0.352 e. The van der Waals surface area contributed by atoms with Crippen molar-refractivity contribution < 1.29 is 0 Å². The summed E-state index contributed by atoms with van der Waals surface area (Å²) >= 11 is 10.9. The first kappa shape index (κ1) is 14.9. The Morgan fingerprint density at radius 2 is 2.33 bits per heavy atom. The van der Waals surface area contributed by atoms with Crippen LogP contribution in [-0.4, -0.2) is 21.5 Å². The molecule has 1 saturated heterocycles. The second-order valence-electron chi connectivity index (χ2n) is 4.99. The summed E-state index contributed by atoms with van der Waals surface area (Å²) in [6.07, 6.45) is 2.91. The van der Waals surface area contributed by atoms with Crippen LogP contribution in [0.1, 0.15) is 36.0 Å². The molecule has 3 nitrogen and oxygen atoms in total. The highest BCUT2D eigenvalue weighted by Crippen LogP contribution is 2.41. The van der Waals surface area contributed by atoms with Gasteiger partial charge in [-0.3, -0.25) is 4.98 Å². The number of thiophene rings is 1. The zero-order valence-corrected chi connectivity index (χ0v) is 14.8. The highest BCUT2D eigenvalue weighted by molar-refractivity contribution is 9.10. The van der Waals surface area contributed by atoms with Gasteiger partial charge in [0.15, 0.2) is 5.11 Å². The van der Waals surface area contributed by atoms with Gasteiger partial charge in [-0.05, 0) is 52.8 Å². The summed E-state index contributed by atoms with van der Waals surface area (Å²) in [4.78, 5) is 8.11. The monoisotopic (exact) mass is 381 g/mol. The van der Waals surface area contributed by atoms with Crippen LogP contribution in [0, 0.1) is 0 Å². The Bertz CT molecular complexity index is 629. The minimum absolute atomic E-state index is 0.107. The van der Waals surface area contributed by atoms with E-state index in [0.717, 1.165) is 28.2 Å². The van der Waals surface area contributed by atoms with Gasteiger partial charge in [0.25, 0.3) is 0 Å². The maximum atomic E-state index is 5.55. The van der Waals surface area contributed by atoms with Crippen LogP contribution in [0.5, 0.6) is 0 Å². The van der Waals surface area contributed by atoms with Gasteiger partial charge in [0, 0.05) is 27.5 Å². The van der Waals surface area contributed by atoms with Crippen LogP contribution >= 0.6 is 39.5 Å². The fourth-order valence-electron chi connectivity index (χ4n) is 2.68. The van der Waals surface area contributed by atoms with Crippen molar-refractivity contribution in [3.05, 3.63) is 50.9 Å². The lowest BCUT2D eigenvalue weighted by Crippen LogP contribution is -2.29. The van der Waals surface area contributed by atoms with Crippen molar-refractivity contribution in [1.82, 2.24) is 15.2 Å². The normalized spacial score (nSPS) is 21.6. The third kappa shape index (κ3) is 2.98. The first-order valence-electron chi connectivity index (χ1n) is 6.92. The molecule has 2 aromatic rings. The quantitative estimate of drug-likeness (QED) is 0.799. The van der Waals surface area contributed by atoms with Crippen LogP contribution in [0.3, 0.4) is 0 Å². The molecule has 3 heterocycles. The SMILES string of the molecule is CCCN1C(=S)N[C@@H](c2ccccn2)[C@@H]1c1cc(Br)cs1. The van der Waals surface area contributed by atoms with Crippen molar-refractivity contribution in [1.29, 1.82) is 0 Å². The minimum atomic E-state index is 0.107. The molecule has 1 fully saturated rings. The molecule has 0 radical (unpaired) electrons. The molecule has 0 amide bonds. The number of halogens is 1. The predicted molar refractivity (Wildman–Crippen MR) is 94.5 cm³/mol. The highest BCUT2D eigenvalue weighted by atomic mass is 79.9. The molecule has 1 aliphatic heterocycles. The molecule has 1 aliphatic rings. The molecular weight excluding hydrogens is 366 g/mol. The third-order valence-electron chi connectivity index (χ3n) is 3.54. The maximum Gasteiger partial charge on any atom is 0.170 e. The summed E-state index contributed by atoms with van der Waals surface area (Å²) in [6, 6.07) is 8.53. The minimum Gasteiger partial charge on any atom is -0.352 e. The van der Waals surface area contributed by atoms with E-state index < -0.39 is 0 Å². The second-order valence-corrected chi connectivity index (χ2v) is 7.23. The van der Waals surface area contributed by atoms with Gasteiger partial charge in [0.2, 0.25) is 0 Å². The lowest BCUT2D eigenvalue weighted by molar-refractivity contribution is 0.322. The van der Waals surface area contributed by atoms with Gasteiger partial charge in [-0.2, -0.15) is 0 Å². The summed E-state index contributed by atoms with van der Waals surface area (Å²) in [7, 11) is 0. The van der Waals surface area contributed by atoms with Gasteiger partial charge in [-0.15, -0.1) is 11.3 Å². The Labute approximate surface area is 142 Å². The van der Waals surface area contributed by atoms with E-state index in [0.29, 0.717) is 0 Å². The van der Waals surface area contributed by atoms with E-state index in [1.807, 2.05) is 18.3 Å². The summed E-state index contributed by atoms with van der Waals surface area (Å²) < 4.78 is 1.12. The highest BCUT2D eigenvalue weighted by Gasteiger charge is 2.39. The number of aromatic nitrogens is 1. The average molecular weight is 382 g/mol. The summed E-state index contributed by atoms with van der Waals surface area (Å²) in [5.74, 6) is 0. The Kier molecular flexibility index (Phi) is 4.57. The third-order valence-corrected chi connectivity index (χ3v) is 5.66. The van der Waals surface area contributed by atoms with Crippen LogP contribution < -0.4 is 5.32 Å². The Morgan fingerprint density at radius 3 is 2.95 bits per heavy atom. The van der Waals surface area contributed by atoms with Crippen LogP contribution in [0.2, 0.25) is 0 Å². The molecule has 6 heteroatoms. The number of nitrogens with zero attached hydrogens (tertiary/aromatic N) is 2. The molecule has 21 heavy (non-hydrogen) atoms. The summed E-state index contributed by atoms with van der Waals surface area (Å²) in [5.41, 5.74) is 1.04. The van der Waals surface area contributed by atoms with Gasteiger partial charge in [0.1, 0.15) is 0 Å². The van der Waals surface area contributed by atoms with Gasteiger partial charge >= 0.3 is 0 Å². The summed E-state index contributed by atoms with van der Waals surface area (Å²) in [6.45, 7) is 3.13. The fraction of sp³-hybridized carbons (Fsp3) is 0.333. The smallest absolute Gasteiger partial charge is 0.170 e. The molecule has 2 aromatic heterocycles. The molecule has 0 bridgehead atoms. The molecule has 1 N–H and O–H groups in total. The summed E-state index contributed by atoms with van der Waals surface area (Å²) in [5, 5.41) is 6.39. The van der Waals surface area contributed by atoms with E-state index in [9.17, 15) is 0 Å². The van der Waals surface area contributed by atoms with Crippen LogP contribution in [0.25, 0.3) is 0 Å². The topological polar surface area (TPSA) is 28.2 Å². The molecule has 0 spiro atoms. The van der Waals surface area contributed by atoms with E-state index in [1.165, 1.54) is 4.88 Å². The van der Waals surface area contributed by atoms with Gasteiger partial charge in [-0.1, -0.05) is 13.0 Å². The van der Waals surface area contributed by atoms with Crippen molar-refractivity contribution in [2.45, 2.75) is 25.4 Å². The number of hydrogen-bond donors (Lipinski definition) is 1. The molecule has 0 unspecified atom stereocenters. The van der Waals surface area contributed by atoms with E-state index >= 15 is 0 Å². The molecule has 110 valence electrons. The molecule has 0 aliphatic carbocycles. The molecule has 3 rings (SSSR count). The number of pyridine rings is 1. The molecule has 0 saturated carbocycles. The van der Waals surface area contributed by atoms with Gasteiger partial charge in [-0.25, -0.2) is 0 Å². The van der Waals surface area contributed by atoms with Crippen molar-refractivity contribution in [2.75, 3.05) is 6.54 Å². The average Bonchev–Trinajstić information content (AvgIpc) is 3.05. The van der Waals surface area contributed by atoms with E-state index in [4.69, 9.17) is 12.2 Å². The fourth-order valence-corrected chi connectivity index (χ4v) is 4.60. The van der Waals surface area contributed by atoms with Crippen molar-refractivity contribution in [3.63, 3.8) is 0 Å². The van der Waals surface area contributed by atoms with Crippen molar-refractivity contribution >= 4 is 44.6 Å². The molecular formula is C15H16BrN3S2. The Morgan fingerprint density at radius 1 is 1.48 bits per heavy atom. The maximum absolute atomic E-state index is 5.55. The number of nitrogens with one attached hydrogen (secondary N) is 1. The van der Waals surface area contributed by atoms with Crippen molar-refractivity contribution in [3.8, 4) is 0 Å². The predicted octanol–water partition coefficient (Wildman–Crippen LogP) is 4.29. The zero-order chi connectivity index (χ0) is 14.8. The van der Waals surface area contributed by atoms with Crippen LogP contribution in [0.15, 0.2) is 40.3 Å². The standard InChI is InChI=1S/C15H16BrN3S2/c1-2-7-19-14(12-8-10(16)9-21-12)13(18-15(19)20)11-5-3-4-6-17-11/h3-6,8-9,13-14H,2,7H2,1H3,(H,18,20)/t13-,14-/m0/s1. The van der Waals surface area contributed by atoms with Crippen LogP contribution in [-0.2, 0) is 0 Å². The second kappa shape index (κ2) is 6.42. The lowest BCUT2D eigenvalue weighted by Gasteiger charge is -2.26. The Hall–Kier alpha value is -0.980. The Balaban J connectivity index is 2.00. The van der Waals surface area contributed by atoms with Gasteiger partial charge < -0.3 is 10.2 Å². The van der Waals surface area contributed by atoms with E-state index in [1.54, 1.807) is 11.3 Å². The first-order valence-corrected chi connectivity index (χ1v) is 9.00. The van der Waals surface area contributed by atoms with Crippen molar-refractivity contribution in [2.24, 2.45) is 0 Å². The number of thiocarbonyl (C=S) groups is 1. The number of rotatable bonds is 4. The zero-order valence-electron chi connectivity index (χ0n) is 11.6. The van der Waals surface area contributed by atoms with Gasteiger partial charge in [0.05, 0.1) is 17.8 Å². The lowest BCUT2D eigenvalue weighted by atomic mass is 10.0. The van der Waals surface area contributed by atoms with E-state index in [-0.39, 0.29) is 12.1 Å². The van der Waals surface area contributed by atoms with Crippen LogP contribution in [0.4, 0.5) is 0 Å².